The summed E-state index contributed by atoms with van der Waals surface area (Å²) in [6.45, 7) is 26.5. The predicted octanol–water partition coefficient (Wildman–Crippen LogP) is 9.69. The Morgan fingerprint density at radius 3 is 1.82 bits per heavy atom. The van der Waals surface area contributed by atoms with E-state index in [1.165, 1.54) is 53.6 Å². The molecule has 0 aliphatic heterocycles. The van der Waals surface area contributed by atoms with Crippen molar-refractivity contribution in [1.29, 1.82) is 0 Å². The predicted molar refractivity (Wildman–Crippen MR) is 136 cm³/mol. The van der Waals surface area contributed by atoms with Gasteiger partial charge >= 0.3 is 0 Å². The summed E-state index contributed by atoms with van der Waals surface area (Å²) in [7, 11) is 0. The van der Waals surface area contributed by atoms with E-state index in [-0.39, 0.29) is 0 Å². The normalized spacial score (nSPS) is 10.2. The largest absolute Gasteiger partial charge is 0.135 e. The molecular weight excluding hydrogens is 356 g/mol. The van der Waals surface area contributed by atoms with Gasteiger partial charge in [0, 0.05) is 20.5 Å². The van der Waals surface area contributed by atoms with Gasteiger partial charge in [-0.05, 0) is 59.9 Å². The summed E-state index contributed by atoms with van der Waals surface area (Å²) >= 11 is 1.80. The number of allylic oxidation sites excluding steroid dienone is 1. The first-order chi connectivity index (χ1) is 13.6. The highest BCUT2D eigenvalue weighted by molar-refractivity contribution is 7.20. The zero-order valence-corrected chi connectivity index (χ0v) is 19.4. The van der Waals surface area contributed by atoms with Crippen LogP contribution in [0.3, 0.4) is 0 Å². The van der Waals surface area contributed by atoms with Gasteiger partial charge in [-0.3, -0.25) is 0 Å². The lowest BCUT2D eigenvalue weighted by Crippen LogP contribution is -1.95. The van der Waals surface area contributed by atoms with Gasteiger partial charge in [0.1, 0.15) is 0 Å². The Morgan fingerprint density at radius 1 is 0.750 bits per heavy atom. The first-order valence-electron chi connectivity index (χ1n) is 10.1. The minimum absolute atomic E-state index is 1.18. The van der Waals surface area contributed by atoms with E-state index >= 15 is 0 Å². The summed E-state index contributed by atoms with van der Waals surface area (Å²) in [5, 5.41) is 3.94. The van der Waals surface area contributed by atoms with Crippen LogP contribution >= 0.6 is 11.3 Å². The molecule has 0 fully saturated rings. The number of rotatable bonds is 4. The second-order valence-corrected chi connectivity index (χ2v) is 7.01. The van der Waals surface area contributed by atoms with E-state index in [4.69, 9.17) is 0 Å². The fourth-order valence-corrected chi connectivity index (χ4v) is 4.68. The van der Waals surface area contributed by atoms with E-state index in [0.29, 0.717) is 0 Å². The summed E-state index contributed by atoms with van der Waals surface area (Å²) in [6.07, 6.45) is 10.1. The van der Waals surface area contributed by atoms with Crippen molar-refractivity contribution in [2.75, 3.05) is 0 Å². The summed E-state index contributed by atoms with van der Waals surface area (Å²) in [5.74, 6) is 0. The van der Waals surface area contributed by atoms with Crippen molar-refractivity contribution in [3.63, 3.8) is 0 Å². The minimum Gasteiger partial charge on any atom is -0.135 e. The van der Waals surface area contributed by atoms with Gasteiger partial charge in [-0.2, -0.15) is 0 Å². The Bertz CT molecular complexity index is 1030. The molecule has 3 aromatic rings. The summed E-state index contributed by atoms with van der Waals surface area (Å²) in [6, 6.07) is 4.47. The van der Waals surface area contributed by atoms with E-state index in [0.717, 1.165) is 0 Å². The molecule has 3 rings (SSSR count). The number of hydrogen-bond acceptors (Lipinski definition) is 1. The number of thiophene rings is 1. The molecule has 0 N–H and O–H groups in total. The molecular formula is C27H34S. The van der Waals surface area contributed by atoms with Crippen LogP contribution in [0.25, 0.3) is 45.2 Å². The van der Waals surface area contributed by atoms with Crippen molar-refractivity contribution >= 4 is 56.5 Å². The molecule has 0 amide bonds. The molecule has 2 aromatic carbocycles. The highest BCUT2D eigenvalue weighted by Crippen LogP contribution is 2.42. The Morgan fingerprint density at radius 2 is 1.32 bits per heavy atom. The zero-order chi connectivity index (χ0) is 21.4. The molecule has 0 saturated heterocycles. The highest BCUT2D eigenvalue weighted by Gasteiger charge is 2.17. The summed E-state index contributed by atoms with van der Waals surface area (Å²) < 4.78 is 1.30. The molecule has 0 saturated carbocycles. The first kappa shape index (κ1) is 23.7. The van der Waals surface area contributed by atoms with Crippen molar-refractivity contribution < 1.29 is 0 Å². The van der Waals surface area contributed by atoms with Crippen LogP contribution in [-0.2, 0) is 0 Å². The molecule has 1 heterocycles. The van der Waals surface area contributed by atoms with Crippen LogP contribution in [0.15, 0.2) is 37.9 Å². The summed E-state index contributed by atoms with van der Waals surface area (Å²) in [5.41, 5.74) is 6.16. The van der Waals surface area contributed by atoms with E-state index < -0.39 is 0 Å². The van der Waals surface area contributed by atoms with Crippen LogP contribution in [0.2, 0.25) is 0 Å². The molecule has 0 unspecified atom stereocenters. The van der Waals surface area contributed by atoms with Gasteiger partial charge in [0.2, 0.25) is 0 Å². The molecule has 0 aliphatic carbocycles. The van der Waals surface area contributed by atoms with Crippen molar-refractivity contribution in [2.45, 2.75) is 48.5 Å². The van der Waals surface area contributed by atoms with Gasteiger partial charge in [-0.1, -0.05) is 83.9 Å². The second-order valence-electron chi connectivity index (χ2n) is 5.93. The molecule has 0 bridgehead atoms. The van der Waals surface area contributed by atoms with Crippen molar-refractivity contribution in [3.05, 3.63) is 70.6 Å². The Labute approximate surface area is 175 Å². The SMILES string of the molecule is C=Cc1sc2ccc3c(C)c(C=C)c(C=C)c(C)c3c2c1/C=C\C.CC.CC. The van der Waals surface area contributed by atoms with Crippen LogP contribution in [0.5, 0.6) is 0 Å². The fourth-order valence-electron chi connectivity index (χ4n) is 3.63. The number of fused-ring (bicyclic) bond motifs is 3. The van der Waals surface area contributed by atoms with Crippen molar-refractivity contribution in [1.82, 2.24) is 0 Å². The number of aryl methyl sites for hydroxylation is 2. The fraction of sp³-hybridized carbons (Fsp3) is 0.259. The van der Waals surface area contributed by atoms with Crippen molar-refractivity contribution in [2.24, 2.45) is 0 Å². The second kappa shape index (κ2) is 10.8. The Hall–Kier alpha value is -2.38. The van der Waals surface area contributed by atoms with Crippen LogP contribution in [0.4, 0.5) is 0 Å². The van der Waals surface area contributed by atoms with Gasteiger partial charge < -0.3 is 0 Å². The Balaban J connectivity index is 0.000000921. The number of hydrogen-bond donors (Lipinski definition) is 0. The average molecular weight is 391 g/mol. The maximum absolute atomic E-state index is 4.03. The lowest BCUT2D eigenvalue weighted by Gasteiger charge is -2.16. The van der Waals surface area contributed by atoms with Crippen molar-refractivity contribution in [3.8, 4) is 0 Å². The van der Waals surface area contributed by atoms with Crippen LogP contribution < -0.4 is 0 Å². The van der Waals surface area contributed by atoms with E-state index in [9.17, 15) is 0 Å². The first-order valence-corrected chi connectivity index (χ1v) is 10.9. The van der Waals surface area contributed by atoms with E-state index in [1.807, 2.05) is 45.9 Å². The third-order valence-corrected chi connectivity index (χ3v) is 5.89. The van der Waals surface area contributed by atoms with Crippen LogP contribution in [0, 0.1) is 13.8 Å². The highest BCUT2D eigenvalue weighted by atomic mass is 32.1. The smallest absolute Gasteiger partial charge is 0.0361 e. The maximum Gasteiger partial charge on any atom is 0.0361 e. The van der Waals surface area contributed by atoms with Gasteiger partial charge in [0.15, 0.2) is 0 Å². The number of benzene rings is 2. The van der Waals surface area contributed by atoms with E-state index in [2.05, 4.69) is 64.8 Å². The molecule has 0 aliphatic rings. The quantitative estimate of drug-likeness (QED) is 0.416. The van der Waals surface area contributed by atoms with Gasteiger partial charge in [-0.15, -0.1) is 11.3 Å². The topological polar surface area (TPSA) is 0 Å². The molecule has 0 radical (unpaired) electrons. The molecule has 0 atom stereocenters. The molecule has 28 heavy (non-hydrogen) atoms. The monoisotopic (exact) mass is 390 g/mol. The molecule has 148 valence electrons. The van der Waals surface area contributed by atoms with Crippen LogP contribution in [-0.4, -0.2) is 0 Å². The van der Waals surface area contributed by atoms with Gasteiger partial charge in [-0.25, -0.2) is 0 Å². The average Bonchev–Trinajstić information content (AvgIpc) is 3.10. The third-order valence-electron chi connectivity index (χ3n) is 4.73. The minimum atomic E-state index is 1.18. The van der Waals surface area contributed by atoms with E-state index in [1.54, 1.807) is 11.3 Å². The van der Waals surface area contributed by atoms with Gasteiger partial charge in [0.05, 0.1) is 0 Å². The molecule has 1 heteroatoms. The summed E-state index contributed by atoms with van der Waals surface area (Å²) in [4.78, 5) is 1.22. The van der Waals surface area contributed by atoms with Gasteiger partial charge in [0.25, 0.3) is 0 Å². The lowest BCUT2D eigenvalue weighted by molar-refractivity contribution is 1.42. The molecule has 1 aromatic heterocycles. The standard InChI is InChI=1S/C23H22S.2C2H6/c1-7-11-19-20(10-4)24-21-13-12-18-14(5)16(8-2)17(9-3)15(6)22(18)23(19)21;2*1-2/h7-13H,2-4H2,1,5-6H3;2*1-2H3/b11-7-;;. The molecule has 0 spiro atoms. The zero-order valence-electron chi connectivity index (χ0n) is 18.6. The Kier molecular flexibility index (Phi) is 9.15. The van der Waals surface area contributed by atoms with Crippen LogP contribution in [0.1, 0.15) is 67.3 Å². The third kappa shape index (κ3) is 3.91. The lowest BCUT2D eigenvalue weighted by atomic mass is 9.88. The maximum atomic E-state index is 4.03. The molecule has 0 nitrogen and oxygen atoms in total.